The highest BCUT2D eigenvalue weighted by molar-refractivity contribution is 9.10. The molecule has 16 heavy (non-hydrogen) atoms. The Morgan fingerprint density at radius 3 is 2.69 bits per heavy atom. The van der Waals surface area contributed by atoms with Gasteiger partial charge in [-0.25, -0.2) is 4.79 Å². The molecule has 0 aliphatic heterocycles. The molecule has 1 rings (SSSR count). The predicted molar refractivity (Wildman–Crippen MR) is 61.5 cm³/mol. The Labute approximate surface area is 101 Å². The largest absolute Gasteiger partial charge is 0.462 e. The molecule has 0 atom stereocenters. The van der Waals surface area contributed by atoms with E-state index in [-0.39, 0.29) is 17.9 Å². The van der Waals surface area contributed by atoms with Crippen molar-refractivity contribution >= 4 is 27.6 Å². The molecule has 1 aromatic carbocycles. The number of carbonyl (C=O) groups excluding carboxylic acids is 1. The number of halogens is 1. The molecule has 0 aliphatic rings. The summed E-state index contributed by atoms with van der Waals surface area (Å²) in [6.45, 7) is 3.52. The van der Waals surface area contributed by atoms with Gasteiger partial charge in [-0.1, -0.05) is 15.9 Å². The Hall–Kier alpha value is -1.43. The lowest BCUT2D eigenvalue weighted by molar-refractivity contribution is -0.385. The summed E-state index contributed by atoms with van der Waals surface area (Å²) in [7, 11) is 0. The average molecular weight is 288 g/mol. The number of ether oxygens (including phenoxy) is 1. The molecule has 0 spiro atoms. The van der Waals surface area contributed by atoms with Crippen molar-refractivity contribution in [3.63, 3.8) is 0 Å². The van der Waals surface area contributed by atoms with Gasteiger partial charge in [0.15, 0.2) is 0 Å². The summed E-state index contributed by atoms with van der Waals surface area (Å²) in [5.74, 6) is -0.564. The molecule has 0 bridgehead atoms. The first-order chi connectivity index (χ1) is 7.47. The number of nitro groups is 1. The number of esters is 1. The highest BCUT2D eigenvalue weighted by Crippen LogP contribution is 2.28. The smallest absolute Gasteiger partial charge is 0.338 e. The monoisotopic (exact) mass is 287 g/mol. The van der Waals surface area contributed by atoms with Gasteiger partial charge in [0, 0.05) is 16.1 Å². The standard InChI is InChI=1S/C10H10BrNO4/c1-3-16-10(13)7-4-8(11)6(2)9(5-7)12(14)15/h4-5H,3H2,1-2H3. The van der Waals surface area contributed by atoms with E-state index in [0.29, 0.717) is 10.0 Å². The Bertz CT molecular complexity index is 445. The van der Waals surface area contributed by atoms with Crippen LogP contribution >= 0.6 is 15.9 Å². The minimum atomic E-state index is -0.564. The molecule has 0 unspecified atom stereocenters. The van der Waals surface area contributed by atoms with E-state index >= 15 is 0 Å². The van der Waals surface area contributed by atoms with E-state index in [9.17, 15) is 14.9 Å². The summed E-state index contributed by atoms with van der Waals surface area (Å²) >= 11 is 3.17. The van der Waals surface area contributed by atoms with Gasteiger partial charge in [0.25, 0.3) is 5.69 Å². The number of rotatable bonds is 3. The molecule has 0 heterocycles. The van der Waals surface area contributed by atoms with Crippen LogP contribution in [-0.2, 0) is 4.74 Å². The number of nitrogens with zero attached hydrogens (tertiary/aromatic N) is 1. The first kappa shape index (κ1) is 12.6. The van der Waals surface area contributed by atoms with E-state index in [4.69, 9.17) is 4.74 Å². The van der Waals surface area contributed by atoms with Gasteiger partial charge in [0.2, 0.25) is 0 Å². The SMILES string of the molecule is CCOC(=O)c1cc(Br)c(C)c([N+](=O)[O-])c1. The summed E-state index contributed by atoms with van der Waals surface area (Å²) in [6, 6.07) is 2.73. The van der Waals surface area contributed by atoms with Crippen molar-refractivity contribution in [3.8, 4) is 0 Å². The average Bonchev–Trinajstić information content (AvgIpc) is 2.21. The third-order valence-corrected chi connectivity index (χ3v) is 2.85. The fraction of sp³-hybridized carbons (Fsp3) is 0.300. The molecule has 6 heteroatoms. The predicted octanol–water partition coefficient (Wildman–Crippen LogP) is 2.84. The van der Waals surface area contributed by atoms with Gasteiger partial charge in [-0.2, -0.15) is 0 Å². The zero-order valence-corrected chi connectivity index (χ0v) is 10.4. The van der Waals surface area contributed by atoms with Crippen LogP contribution in [0, 0.1) is 17.0 Å². The van der Waals surface area contributed by atoms with E-state index < -0.39 is 10.9 Å². The van der Waals surface area contributed by atoms with Crippen LogP contribution in [0.2, 0.25) is 0 Å². The lowest BCUT2D eigenvalue weighted by Gasteiger charge is -2.05. The number of hydrogen-bond acceptors (Lipinski definition) is 4. The number of nitro benzene ring substituents is 1. The van der Waals surface area contributed by atoms with Crippen molar-refractivity contribution in [1.29, 1.82) is 0 Å². The zero-order valence-electron chi connectivity index (χ0n) is 8.82. The highest BCUT2D eigenvalue weighted by Gasteiger charge is 2.18. The number of benzene rings is 1. The maximum Gasteiger partial charge on any atom is 0.338 e. The van der Waals surface area contributed by atoms with Crippen molar-refractivity contribution in [3.05, 3.63) is 37.8 Å². The maximum absolute atomic E-state index is 11.4. The minimum Gasteiger partial charge on any atom is -0.462 e. The molecule has 0 N–H and O–H groups in total. The molecule has 0 saturated carbocycles. The van der Waals surface area contributed by atoms with Crippen LogP contribution in [0.4, 0.5) is 5.69 Å². The van der Waals surface area contributed by atoms with Crippen molar-refractivity contribution < 1.29 is 14.5 Å². The van der Waals surface area contributed by atoms with Gasteiger partial charge in [-0.3, -0.25) is 10.1 Å². The van der Waals surface area contributed by atoms with E-state index in [2.05, 4.69) is 15.9 Å². The van der Waals surface area contributed by atoms with Gasteiger partial charge in [-0.05, 0) is 19.9 Å². The Morgan fingerprint density at radius 2 is 2.19 bits per heavy atom. The molecule has 86 valence electrons. The van der Waals surface area contributed by atoms with Gasteiger partial charge < -0.3 is 4.74 Å². The van der Waals surface area contributed by atoms with Crippen molar-refractivity contribution in [2.24, 2.45) is 0 Å². The summed E-state index contributed by atoms with van der Waals surface area (Å²) in [6.07, 6.45) is 0. The second kappa shape index (κ2) is 5.07. The summed E-state index contributed by atoms with van der Waals surface area (Å²) in [4.78, 5) is 21.6. The van der Waals surface area contributed by atoms with Crippen LogP contribution in [0.1, 0.15) is 22.8 Å². The lowest BCUT2D eigenvalue weighted by Crippen LogP contribution is -2.06. The Morgan fingerprint density at radius 1 is 1.56 bits per heavy atom. The third-order valence-electron chi connectivity index (χ3n) is 2.02. The summed E-state index contributed by atoms with van der Waals surface area (Å²) in [5.41, 5.74) is 0.557. The zero-order chi connectivity index (χ0) is 12.3. The molecule has 0 fully saturated rings. The Balaban J connectivity index is 3.24. The second-order valence-electron chi connectivity index (χ2n) is 3.08. The Kier molecular flexibility index (Phi) is 4.00. The van der Waals surface area contributed by atoms with Crippen LogP contribution in [0.25, 0.3) is 0 Å². The minimum absolute atomic E-state index is 0.0996. The van der Waals surface area contributed by atoms with E-state index in [1.807, 2.05) is 0 Å². The fourth-order valence-corrected chi connectivity index (χ4v) is 1.64. The second-order valence-corrected chi connectivity index (χ2v) is 3.93. The number of hydrogen-bond donors (Lipinski definition) is 0. The maximum atomic E-state index is 11.4. The molecule has 0 radical (unpaired) electrons. The van der Waals surface area contributed by atoms with Gasteiger partial charge in [0.1, 0.15) is 0 Å². The van der Waals surface area contributed by atoms with Crippen molar-refractivity contribution in [2.75, 3.05) is 6.61 Å². The van der Waals surface area contributed by atoms with Gasteiger partial charge in [-0.15, -0.1) is 0 Å². The topological polar surface area (TPSA) is 69.4 Å². The molecule has 0 amide bonds. The van der Waals surface area contributed by atoms with E-state index in [0.717, 1.165) is 0 Å². The van der Waals surface area contributed by atoms with Crippen molar-refractivity contribution in [2.45, 2.75) is 13.8 Å². The molecule has 5 nitrogen and oxygen atoms in total. The van der Waals surface area contributed by atoms with Gasteiger partial charge >= 0.3 is 5.97 Å². The summed E-state index contributed by atoms with van der Waals surface area (Å²) in [5, 5.41) is 10.7. The molecule has 0 saturated heterocycles. The summed E-state index contributed by atoms with van der Waals surface area (Å²) < 4.78 is 5.29. The van der Waals surface area contributed by atoms with Gasteiger partial charge in [0.05, 0.1) is 17.1 Å². The highest BCUT2D eigenvalue weighted by atomic mass is 79.9. The molecule has 0 aliphatic carbocycles. The lowest BCUT2D eigenvalue weighted by atomic mass is 10.1. The molecular formula is C10H10BrNO4. The first-order valence-electron chi connectivity index (χ1n) is 4.59. The first-order valence-corrected chi connectivity index (χ1v) is 5.38. The van der Waals surface area contributed by atoms with E-state index in [1.165, 1.54) is 12.1 Å². The fourth-order valence-electron chi connectivity index (χ4n) is 1.19. The van der Waals surface area contributed by atoms with Crippen LogP contribution in [0.5, 0.6) is 0 Å². The quantitative estimate of drug-likeness (QED) is 0.487. The normalized spacial score (nSPS) is 9.94. The number of carbonyl (C=O) groups is 1. The third kappa shape index (κ3) is 2.57. The van der Waals surface area contributed by atoms with E-state index in [1.54, 1.807) is 13.8 Å². The van der Waals surface area contributed by atoms with Crippen LogP contribution in [0.3, 0.4) is 0 Å². The molecule has 1 aromatic rings. The van der Waals surface area contributed by atoms with Crippen LogP contribution < -0.4 is 0 Å². The molecule has 0 aromatic heterocycles. The molecular weight excluding hydrogens is 278 g/mol. The van der Waals surface area contributed by atoms with Crippen LogP contribution in [-0.4, -0.2) is 17.5 Å². The van der Waals surface area contributed by atoms with Crippen molar-refractivity contribution in [1.82, 2.24) is 0 Å². The van der Waals surface area contributed by atoms with Crippen LogP contribution in [0.15, 0.2) is 16.6 Å².